The highest BCUT2D eigenvalue weighted by molar-refractivity contribution is 7.96. The molecule has 1 N–H and O–H groups in total. The summed E-state index contributed by atoms with van der Waals surface area (Å²) in [6.07, 6.45) is 0.974. The van der Waals surface area contributed by atoms with Crippen LogP contribution < -0.4 is 5.32 Å². The number of amides is 1. The molecule has 0 aromatic heterocycles. The van der Waals surface area contributed by atoms with Crippen molar-refractivity contribution in [2.24, 2.45) is 0 Å². The number of halogens is 1. The van der Waals surface area contributed by atoms with Gasteiger partial charge < -0.3 is 10.1 Å². The van der Waals surface area contributed by atoms with Crippen molar-refractivity contribution in [3.05, 3.63) is 64.5 Å². The Balaban J connectivity index is 1.76. The summed E-state index contributed by atoms with van der Waals surface area (Å²) in [6, 6.07) is 9.95. The molecule has 1 amide bonds. The first-order valence-electron chi connectivity index (χ1n) is 7.85. The van der Waals surface area contributed by atoms with E-state index in [1.807, 2.05) is 18.2 Å². The van der Waals surface area contributed by atoms with Crippen molar-refractivity contribution in [2.75, 3.05) is 5.32 Å². The van der Waals surface area contributed by atoms with E-state index in [9.17, 15) is 14.0 Å². The number of thiol groups is 1. The lowest BCUT2D eigenvalue weighted by Gasteiger charge is -2.06. The summed E-state index contributed by atoms with van der Waals surface area (Å²) in [7, 11) is 0. The predicted molar refractivity (Wildman–Crippen MR) is 95.4 cm³/mol. The summed E-state index contributed by atoms with van der Waals surface area (Å²) >= 11 is 3.78. The number of rotatable bonds is 3. The molecule has 4 rings (SSSR count). The normalized spacial score (nSPS) is 17.8. The lowest BCUT2D eigenvalue weighted by atomic mass is 9.98. The molecule has 0 bridgehead atoms. The van der Waals surface area contributed by atoms with Crippen molar-refractivity contribution >= 4 is 40.7 Å². The molecule has 25 heavy (non-hydrogen) atoms. The highest BCUT2D eigenvalue weighted by Gasteiger charge is 2.32. The summed E-state index contributed by atoms with van der Waals surface area (Å²) in [6.45, 7) is 0.342. The molecule has 2 aliphatic heterocycles. The highest BCUT2D eigenvalue weighted by atomic mass is 32.1. The van der Waals surface area contributed by atoms with E-state index in [1.54, 1.807) is 6.07 Å². The van der Waals surface area contributed by atoms with E-state index in [0.29, 0.717) is 42.0 Å². The topological polar surface area (TPSA) is 55.4 Å². The summed E-state index contributed by atoms with van der Waals surface area (Å²) in [4.78, 5) is 23.4. The van der Waals surface area contributed by atoms with Crippen molar-refractivity contribution < 1.29 is 18.7 Å². The summed E-state index contributed by atoms with van der Waals surface area (Å²) in [5, 5.41) is 2.59. The van der Waals surface area contributed by atoms with Gasteiger partial charge in [-0.15, -0.1) is 12.6 Å². The maximum atomic E-state index is 13.6. The van der Waals surface area contributed by atoms with Crippen LogP contribution in [0.1, 0.15) is 28.7 Å². The molecule has 0 spiro atoms. The molecule has 4 nitrogen and oxygen atoms in total. The largest absolute Gasteiger partial charge is 0.487 e. The number of carbonyl (C=O) groups excluding carboxylic acids is 2. The maximum Gasteiger partial charge on any atom is 0.260 e. The SMILES string of the molecule is O=C(S)CCc1ccc2c(c1)COC2=C1C(=O)Nc2ccc(F)cc21. The Bertz CT molecular complexity index is 952. The zero-order valence-corrected chi connectivity index (χ0v) is 14.0. The molecule has 2 aromatic rings. The number of nitrogens with one attached hydrogen (secondary N) is 1. The predicted octanol–water partition coefficient (Wildman–Crippen LogP) is 3.57. The third-order valence-electron chi connectivity index (χ3n) is 4.37. The van der Waals surface area contributed by atoms with Crippen molar-refractivity contribution in [1.82, 2.24) is 0 Å². The average molecular weight is 355 g/mol. The van der Waals surface area contributed by atoms with Crippen LogP contribution in [0.15, 0.2) is 36.4 Å². The molecule has 0 atom stereocenters. The second kappa shape index (κ2) is 6.04. The fraction of sp³-hybridized carbons (Fsp3) is 0.158. The van der Waals surface area contributed by atoms with E-state index in [-0.39, 0.29) is 11.0 Å². The molecule has 126 valence electrons. The van der Waals surface area contributed by atoms with E-state index in [0.717, 1.165) is 16.7 Å². The first kappa shape index (κ1) is 15.9. The lowest BCUT2D eigenvalue weighted by Crippen LogP contribution is -2.05. The third kappa shape index (κ3) is 2.82. The van der Waals surface area contributed by atoms with Crippen LogP contribution in [0.25, 0.3) is 11.3 Å². The number of hydrogen-bond donors (Lipinski definition) is 2. The number of fused-ring (bicyclic) bond motifs is 2. The van der Waals surface area contributed by atoms with Gasteiger partial charge in [-0.2, -0.15) is 0 Å². The van der Waals surface area contributed by atoms with Gasteiger partial charge in [-0.3, -0.25) is 9.59 Å². The van der Waals surface area contributed by atoms with Gasteiger partial charge >= 0.3 is 0 Å². The van der Waals surface area contributed by atoms with Gasteiger partial charge in [0.1, 0.15) is 18.2 Å². The second-order valence-corrected chi connectivity index (χ2v) is 6.52. The van der Waals surface area contributed by atoms with Gasteiger partial charge in [0.15, 0.2) is 5.12 Å². The summed E-state index contributed by atoms with van der Waals surface area (Å²) in [5.41, 5.74) is 4.23. The molecule has 2 heterocycles. The van der Waals surface area contributed by atoms with Gasteiger partial charge in [-0.05, 0) is 30.2 Å². The van der Waals surface area contributed by atoms with Gasteiger partial charge in [-0.1, -0.05) is 18.2 Å². The van der Waals surface area contributed by atoms with Crippen LogP contribution in [0.3, 0.4) is 0 Å². The minimum absolute atomic E-state index is 0.152. The average Bonchev–Trinajstić information content (AvgIpc) is 3.12. The first-order valence-corrected chi connectivity index (χ1v) is 8.30. The molecule has 0 radical (unpaired) electrons. The van der Waals surface area contributed by atoms with E-state index >= 15 is 0 Å². The van der Waals surface area contributed by atoms with Crippen LogP contribution in [-0.4, -0.2) is 11.0 Å². The van der Waals surface area contributed by atoms with Crippen LogP contribution in [0.4, 0.5) is 10.1 Å². The summed E-state index contributed by atoms with van der Waals surface area (Å²) < 4.78 is 19.4. The van der Waals surface area contributed by atoms with Crippen LogP contribution in [0.5, 0.6) is 0 Å². The Hall–Kier alpha value is -2.60. The minimum Gasteiger partial charge on any atom is -0.487 e. The van der Waals surface area contributed by atoms with Crippen LogP contribution >= 0.6 is 12.6 Å². The van der Waals surface area contributed by atoms with Gasteiger partial charge in [0, 0.05) is 28.8 Å². The molecule has 0 unspecified atom stereocenters. The van der Waals surface area contributed by atoms with Crippen LogP contribution in [-0.2, 0) is 27.4 Å². The van der Waals surface area contributed by atoms with Gasteiger partial charge in [-0.25, -0.2) is 4.39 Å². The molecular weight excluding hydrogens is 341 g/mol. The first-order chi connectivity index (χ1) is 12.0. The van der Waals surface area contributed by atoms with Gasteiger partial charge in [0.2, 0.25) is 0 Å². The van der Waals surface area contributed by atoms with E-state index in [2.05, 4.69) is 17.9 Å². The van der Waals surface area contributed by atoms with Gasteiger partial charge in [0.05, 0.1) is 5.57 Å². The third-order valence-corrected chi connectivity index (χ3v) is 4.59. The summed E-state index contributed by atoms with van der Waals surface area (Å²) in [5.74, 6) is -0.236. The molecule has 0 saturated heterocycles. The molecular formula is C19H14FNO3S. The highest BCUT2D eigenvalue weighted by Crippen LogP contribution is 2.41. The van der Waals surface area contributed by atoms with E-state index in [4.69, 9.17) is 4.74 Å². The number of benzene rings is 2. The van der Waals surface area contributed by atoms with E-state index in [1.165, 1.54) is 12.1 Å². The number of carbonyl (C=O) groups is 2. The van der Waals surface area contributed by atoms with Crippen LogP contribution in [0, 0.1) is 5.82 Å². The Labute approximate surface area is 149 Å². The number of aryl methyl sites for hydroxylation is 1. The Kier molecular flexibility index (Phi) is 3.84. The fourth-order valence-corrected chi connectivity index (χ4v) is 3.31. The van der Waals surface area contributed by atoms with Crippen LogP contribution in [0.2, 0.25) is 0 Å². The molecule has 0 aliphatic carbocycles. The van der Waals surface area contributed by atoms with Gasteiger partial charge in [0.25, 0.3) is 5.91 Å². The number of anilines is 1. The molecule has 0 fully saturated rings. The zero-order chi connectivity index (χ0) is 17.6. The van der Waals surface area contributed by atoms with Crippen molar-refractivity contribution in [3.63, 3.8) is 0 Å². The number of hydrogen-bond acceptors (Lipinski definition) is 3. The van der Waals surface area contributed by atoms with Crippen molar-refractivity contribution in [2.45, 2.75) is 19.4 Å². The van der Waals surface area contributed by atoms with E-state index < -0.39 is 5.82 Å². The maximum absolute atomic E-state index is 13.6. The standard InChI is InChI=1S/C19H14FNO3S/c20-12-3-5-15-14(8-12)17(19(23)21-15)18-13-4-1-10(2-6-16(22)25)7-11(13)9-24-18/h1,3-5,7-8H,2,6,9H2,(H,21,23)(H,22,25). The Morgan fingerprint density at radius 2 is 2.04 bits per heavy atom. The number of ether oxygens (including phenoxy) is 1. The fourth-order valence-electron chi connectivity index (χ4n) is 3.19. The Morgan fingerprint density at radius 3 is 2.84 bits per heavy atom. The molecule has 2 aliphatic rings. The van der Waals surface area contributed by atoms with Crippen molar-refractivity contribution in [3.8, 4) is 0 Å². The molecule has 6 heteroatoms. The minimum atomic E-state index is -0.404. The molecule has 0 saturated carbocycles. The van der Waals surface area contributed by atoms with Crippen molar-refractivity contribution in [1.29, 1.82) is 0 Å². The second-order valence-electron chi connectivity index (χ2n) is 6.02. The smallest absolute Gasteiger partial charge is 0.260 e. The quantitative estimate of drug-likeness (QED) is 0.654. The lowest BCUT2D eigenvalue weighted by molar-refractivity contribution is -0.111. The Morgan fingerprint density at radius 1 is 1.20 bits per heavy atom. The molecule has 2 aromatic carbocycles. The zero-order valence-electron chi connectivity index (χ0n) is 13.1. The monoisotopic (exact) mass is 355 g/mol.